The van der Waals surface area contributed by atoms with Crippen LogP contribution in [0.4, 0.5) is 10.1 Å². The number of carbonyl (C=O) groups excluding carboxylic acids is 1. The van der Waals surface area contributed by atoms with Gasteiger partial charge < -0.3 is 9.80 Å². The van der Waals surface area contributed by atoms with Crippen molar-refractivity contribution in [3.05, 3.63) is 30.1 Å². The average Bonchev–Trinajstić information content (AvgIpc) is 2.90. The van der Waals surface area contributed by atoms with Crippen molar-refractivity contribution in [3.8, 4) is 0 Å². The highest BCUT2D eigenvalue weighted by atomic mass is 19.1. The second-order valence-corrected chi connectivity index (χ2v) is 9.86. The third kappa shape index (κ3) is 3.36. The number of halogens is 1. The highest BCUT2D eigenvalue weighted by Gasteiger charge is 2.50. The van der Waals surface area contributed by atoms with Gasteiger partial charge in [-0.2, -0.15) is 0 Å². The van der Waals surface area contributed by atoms with Crippen LogP contribution in [0, 0.1) is 17.2 Å². The van der Waals surface area contributed by atoms with Crippen LogP contribution in [0.25, 0.3) is 0 Å². The standard InChI is InChI=1S/C23H33FN2O/c1-22(2)15-17-16-25(21(27)23(3)11-5-4-6-12-23)13-10-20(17)26(22)19-9-7-8-18(24)14-19/h7-9,14,17,20H,4-6,10-13,15-16H2,1-3H3/t17-,20+/m1/s1. The molecule has 2 heterocycles. The van der Waals surface area contributed by atoms with Gasteiger partial charge >= 0.3 is 0 Å². The first-order valence-corrected chi connectivity index (χ1v) is 10.6. The van der Waals surface area contributed by atoms with Crippen LogP contribution < -0.4 is 4.90 Å². The summed E-state index contributed by atoms with van der Waals surface area (Å²) in [6, 6.07) is 7.38. The number of nitrogens with zero attached hydrogens (tertiary/aromatic N) is 2. The summed E-state index contributed by atoms with van der Waals surface area (Å²) in [6.07, 6.45) is 7.74. The van der Waals surface area contributed by atoms with Gasteiger partial charge in [0, 0.05) is 35.8 Å². The van der Waals surface area contributed by atoms with E-state index in [0.717, 1.165) is 44.5 Å². The maximum absolute atomic E-state index is 13.8. The van der Waals surface area contributed by atoms with Gasteiger partial charge in [0.25, 0.3) is 0 Å². The third-order valence-electron chi connectivity index (χ3n) is 7.29. The van der Waals surface area contributed by atoms with Gasteiger partial charge in [0.2, 0.25) is 5.91 Å². The molecule has 0 spiro atoms. The van der Waals surface area contributed by atoms with E-state index in [-0.39, 0.29) is 16.8 Å². The highest BCUT2D eigenvalue weighted by Crippen LogP contribution is 2.46. The van der Waals surface area contributed by atoms with E-state index in [1.807, 2.05) is 6.07 Å². The Kier molecular flexibility index (Phi) is 4.72. The quantitative estimate of drug-likeness (QED) is 0.729. The van der Waals surface area contributed by atoms with Crippen LogP contribution in [0.5, 0.6) is 0 Å². The number of amides is 1. The summed E-state index contributed by atoms with van der Waals surface area (Å²) in [7, 11) is 0. The topological polar surface area (TPSA) is 23.6 Å². The molecule has 148 valence electrons. The summed E-state index contributed by atoms with van der Waals surface area (Å²) in [4.78, 5) is 17.9. The number of rotatable bonds is 2. The predicted molar refractivity (Wildman–Crippen MR) is 107 cm³/mol. The summed E-state index contributed by atoms with van der Waals surface area (Å²) in [6.45, 7) is 8.37. The minimum Gasteiger partial charge on any atom is -0.363 e. The van der Waals surface area contributed by atoms with Crippen molar-refractivity contribution in [2.24, 2.45) is 11.3 Å². The van der Waals surface area contributed by atoms with Gasteiger partial charge in [-0.05, 0) is 63.6 Å². The number of benzene rings is 1. The van der Waals surface area contributed by atoms with E-state index in [1.165, 1.54) is 25.3 Å². The molecule has 2 aliphatic heterocycles. The van der Waals surface area contributed by atoms with Gasteiger partial charge in [0.05, 0.1) is 0 Å². The molecule has 3 nitrogen and oxygen atoms in total. The molecule has 0 N–H and O–H groups in total. The Morgan fingerprint density at radius 1 is 1.15 bits per heavy atom. The normalized spacial score (nSPS) is 29.5. The summed E-state index contributed by atoms with van der Waals surface area (Å²) < 4.78 is 13.8. The molecule has 2 saturated heterocycles. The fraction of sp³-hybridized carbons (Fsp3) is 0.696. The molecule has 2 atom stereocenters. The number of hydrogen-bond donors (Lipinski definition) is 0. The molecule has 0 radical (unpaired) electrons. The van der Waals surface area contributed by atoms with Crippen molar-refractivity contribution >= 4 is 11.6 Å². The van der Waals surface area contributed by atoms with E-state index in [9.17, 15) is 9.18 Å². The van der Waals surface area contributed by atoms with Crippen LogP contribution in [-0.2, 0) is 4.79 Å². The summed E-state index contributed by atoms with van der Waals surface area (Å²) >= 11 is 0. The first-order chi connectivity index (χ1) is 12.8. The number of hydrogen-bond acceptors (Lipinski definition) is 2. The molecule has 3 aliphatic rings. The first kappa shape index (κ1) is 18.8. The average molecular weight is 373 g/mol. The molecule has 0 unspecified atom stereocenters. The van der Waals surface area contributed by atoms with Crippen LogP contribution in [-0.4, -0.2) is 35.5 Å². The Morgan fingerprint density at radius 2 is 1.89 bits per heavy atom. The second-order valence-electron chi connectivity index (χ2n) is 9.86. The van der Waals surface area contributed by atoms with Gasteiger partial charge in [0.15, 0.2) is 0 Å². The molecular weight excluding hydrogens is 339 g/mol. The second kappa shape index (κ2) is 6.79. The zero-order valence-electron chi connectivity index (χ0n) is 17.0. The number of fused-ring (bicyclic) bond motifs is 1. The lowest BCUT2D eigenvalue weighted by Crippen LogP contribution is -2.53. The van der Waals surface area contributed by atoms with Gasteiger partial charge in [-0.1, -0.05) is 32.3 Å². The lowest BCUT2D eigenvalue weighted by Gasteiger charge is -2.44. The van der Waals surface area contributed by atoms with Crippen molar-refractivity contribution in [2.45, 2.75) is 77.3 Å². The molecular formula is C23H33FN2O. The van der Waals surface area contributed by atoms with Gasteiger partial charge in [-0.25, -0.2) is 4.39 Å². The Morgan fingerprint density at radius 3 is 2.59 bits per heavy atom. The van der Waals surface area contributed by atoms with Gasteiger partial charge in [-0.3, -0.25) is 4.79 Å². The van der Waals surface area contributed by atoms with Crippen molar-refractivity contribution < 1.29 is 9.18 Å². The number of likely N-dealkylation sites (tertiary alicyclic amines) is 1. The Hall–Kier alpha value is -1.58. The van der Waals surface area contributed by atoms with Crippen molar-refractivity contribution in [3.63, 3.8) is 0 Å². The predicted octanol–water partition coefficient (Wildman–Crippen LogP) is 5.00. The van der Waals surface area contributed by atoms with Crippen LogP contribution >= 0.6 is 0 Å². The lowest BCUT2D eigenvalue weighted by molar-refractivity contribution is -0.145. The molecule has 3 fully saturated rings. The summed E-state index contributed by atoms with van der Waals surface area (Å²) in [5.74, 6) is 0.667. The first-order valence-electron chi connectivity index (χ1n) is 10.6. The minimum atomic E-state index is -0.176. The third-order valence-corrected chi connectivity index (χ3v) is 7.29. The van der Waals surface area contributed by atoms with Crippen LogP contribution in [0.15, 0.2) is 24.3 Å². The molecule has 0 aromatic heterocycles. The fourth-order valence-electron chi connectivity index (χ4n) is 6.03. The summed E-state index contributed by atoms with van der Waals surface area (Å²) in [5.41, 5.74) is 0.810. The van der Waals surface area contributed by atoms with Crippen molar-refractivity contribution in [1.82, 2.24) is 4.90 Å². The van der Waals surface area contributed by atoms with E-state index in [2.05, 4.69) is 30.6 Å². The number of piperidine rings is 1. The Bertz CT molecular complexity index is 710. The van der Waals surface area contributed by atoms with Gasteiger partial charge in [-0.15, -0.1) is 0 Å². The molecule has 1 aromatic rings. The van der Waals surface area contributed by atoms with E-state index in [1.54, 1.807) is 12.1 Å². The van der Waals surface area contributed by atoms with Crippen molar-refractivity contribution in [1.29, 1.82) is 0 Å². The maximum Gasteiger partial charge on any atom is 0.228 e. The largest absolute Gasteiger partial charge is 0.363 e. The molecule has 1 saturated carbocycles. The molecule has 4 heteroatoms. The molecule has 0 bridgehead atoms. The van der Waals surface area contributed by atoms with E-state index in [4.69, 9.17) is 0 Å². The SMILES string of the molecule is CC1(C(=O)N2CC[C@H]3[C@@H](C2)CC(C)(C)N3c2cccc(F)c2)CCCCC1. The van der Waals surface area contributed by atoms with Crippen LogP contribution in [0.3, 0.4) is 0 Å². The lowest BCUT2D eigenvalue weighted by atomic mass is 9.74. The van der Waals surface area contributed by atoms with Crippen molar-refractivity contribution in [2.75, 3.05) is 18.0 Å². The highest BCUT2D eigenvalue weighted by molar-refractivity contribution is 5.82. The smallest absolute Gasteiger partial charge is 0.228 e. The molecule has 1 aliphatic carbocycles. The zero-order valence-corrected chi connectivity index (χ0v) is 17.0. The molecule has 1 aromatic carbocycles. The molecule has 27 heavy (non-hydrogen) atoms. The van der Waals surface area contributed by atoms with Crippen LogP contribution in [0.2, 0.25) is 0 Å². The monoisotopic (exact) mass is 372 g/mol. The molecule has 1 amide bonds. The van der Waals surface area contributed by atoms with E-state index < -0.39 is 0 Å². The van der Waals surface area contributed by atoms with Gasteiger partial charge in [0.1, 0.15) is 5.82 Å². The minimum absolute atomic E-state index is 0.0169. The number of carbonyl (C=O) groups is 1. The van der Waals surface area contributed by atoms with Crippen LogP contribution in [0.1, 0.15) is 65.7 Å². The number of anilines is 1. The Balaban J connectivity index is 1.52. The van der Waals surface area contributed by atoms with E-state index >= 15 is 0 Å². The fourth-order valence-corrected chi connectivity index (χ4v) is 6.03. The maximum atomic E-state index is 13.8. The Labute approximate surface area is 162 Å². The van der Waals surface area contributed by atoms with E-state index in [0.29, 0.717) is 17.9 Å². The zero-order chi connectivity index (χ0) is 19.2. The summed E-state index contributed by atoms with van der Waals surface area (Å²) in [5, 5.41) is 0. The molecule has 4 rings (SSSR count).